The molecule has 0 aromatic heterocycles. The van der Waals surface area contributed by atoms with Crippen molar-refractivity contribution in [2.45, 2.75) is 154 Å². The van der Waals surface area contributed by atoms with Crippen LogP contribution in [0.15, 0.2) is 60.8 Å². The Hall–Kier alpha value is -2.33. The van der Waals surface area contributed by atoms with Crippen molar-refractivity contribution in [3.63, 3.8) is 0 Å². The highest BCUT2D eigenvalue weighted by Gasteiger charge is 2.25. The predicted molar refractivity (Wildman–Crippen MR) is 212 cm³/mol. The van der Waals surface area contributed by atoms with E-state index in [2.05, 4.69) is 61.6 Å². The molecule has 0 bridgehead atoms. The number of nitrogens with two attached hydrogens (primary N) is 1. The minimum Gasteiger partial charge on any atom is -0.462 e. The molecular weight excluding hydrogens is 681 g/mol. The van der Waals surface area contributed by atoms with Gasteiger partial charge < -0.3 is 25.2 Å². The Morgan fingerprint density at radius 3 is 1.67 bits per heavy atom. The lowest BCUT2D eigenvalue weighted by Gasteiger charge is -2.19. The van der Waals surface area contributed by atoms with Crippen LogP contribution in [0.5, 0.6) is 0 Å². The fraction of sp³-hybridized carbons (Fsp3) is 0.707. The van der Waals surface area contributed by atoms with Crippen LogP contribution in [0, 0.1) is 0 Å². The molecule has 0 aromatic carbocycles. The lowest BCUT2D eigenvalue weighted by molar-refractivity contribution is -0.161. The third kappa shape index (κ3) is 37.4. The number of ether oxygens (including phenoxy) is 2. The van der Waals surface area contributed by atoms with Crippen LogP contribution >= 0.6 is 7.82 Å². The van der Waals surface area contributed by atoms with E-state index < -0.39 is 32.5 Å². The zero-order chi connectivity index (χ0) is 38.2. The van der Waals surface area contributed by atoms with Crippen LogP contribution < -0.4 is 5.73 Å². The zero-order valence-corrected chi connectivity index (χ0v) is 33.1. The molecule has 52 heavy (non-hydrogen) atoms. The van der Waals surface area contributed by atoms with E-state index >= 15 is 0 Å². The standard InChI is InChI=1S/C41H72NO9P/c1-2-3-4-5-6-7-8-14-18-21-24-27-30-33-41(45)51-39(38-50-52(46,47)49-36-34-42)37-48-40(44)32-29-26-23-20-17-15-12-10-9-11-13-16-19-22-25-28-31-35-43/h7-9,11-12,15-16,19-20,23,39,43H,2-6,10,13-14,17-18,21-22,24-38,42H2,1H3,(H,46,47)/b8-7-,11-9-,15-12-,19-16-,23-20-/t39-/m1/s1. The number of carbonyl (C=O) groups excluding carboxylic acids is 2. The van der Waals surface area contributed by atoms with Gasteiger partial charge in [0.05, 0.1) is 13.2 Å². The molecule has 4 N–H and O–H groups in total. The molecule has 0 spiro atoms. The lowest BCUT2D eigenvalue weighted by Crippen LogP contribution is -2.29. The van der Waals surface area contributed by atoms with Gasteiger partial charge in [0.1, 0.15) is 6.61 Å². The summed E-state index contributed by atoms with van der Waals surface area (Å²) in [6, 6.07) is 0. The Morgan fingerprint density at radius 2 is 1.10 bits per heavy atom. The number of phosphoric ester groups is 1. The molecule has 0 aliphatic rings. The van der Waals surface area contributed by atoms with Gasteiger partial charge in [0.15, 0.2) is 6.10 Å². The number of hydrogen-bond acceptors (Lipinski definition) is 9. The van der Waals surface area contributed by atoms with Gasteiger partial charge in [-0.05, 0) is 83.5 Å². The summed E-state index contributed by atoms with van der Waals surface area (Å²) in [6.45, 7) is 1.62. The molecule has 0 saturated heterocycles. The molecule has 1 unspecified atom stereocenters. The van der Waals surface area contributed by atoms with E-state index in [1.165, 1.54) is 25.7 Å². The highest BCUT2D eigenvalue weighted by molar-refractivity contribution is 7.47. The minimum absolute atomic E-state index is 0.0381. The van der Waals surface area contributed by atoms with Crippen LogP contribution in [-0.2, 0) is 32.7 Å². The summed E-state index contributed by atoms with van der Waals surface area (Å²) in [4.78, 5) is 34.7. The van der Waals surface area contributed by atoms with E-state index in [0.29, 0.717) is 12.8 Å². The van der Waals surface area contributed by atoms with Gasteiger partial charge in [0.2, 0.25) is 0 Å². The predicted octanol–water partition coefficient (Wildman–Crippen LogP) is 9.91. The van der Waals surface area contributed by atoms with E-state index in [-0.39, 0.29) is 39.2 Å². The molecule has 0 fully saturated rings. The molecule has 0 radical (unpaired) electrons. The second-order valence-electron chi connectivity index (χ2n) is 12.9. The van der Waals surface area contributed by atoms with Gasteiger partial charge in [-0.15, -0.1) is 0 Å². The molecule has 0 rings (SSSR count). The highest BCUT2D eigenvalue weighted by Crippen LogP contribution is 2.43. The van der Waals surface area contributed by atoms with Gasteiger partial charge >= 0.3 is 19.8 Å². The molecule has 0 heterocycles. The second-order valence-corrected chi connectivity index (χ2v) is 14.3. The van der Waals surface area contributed by atoms with Gasteiger partial charge in [-0.2, -0.15) is 0 Å². The topological polar surface area (TPSA) is 155 Å². The third-order valence-corrected chi connectivity index (χ3v) is 8.91. The van der Waals surface area contributed by atoms with Gasteiger partial charge in [-0.1, -0.05) is 113 Å². The Morgan fingerprint density at radius 1 is 0.615 bits per heavy atom. The maximum Gasteiger partial charge on any atom is 0.472 e. The molecule has 0 aliphatic heterocycles. The van der Waals surface area contributed by atoms with E-state index in [0.717, 1.165) is 89.9 Å². The van der Waals surface area contributed by atoms with Crippen LogP contribution in [0.3, 0.4) is 0 Å². The number of esters is 2. The van der Waals surface area contributed by atoms with Crippen molar-refractivity contribution in [2.24, 2.45) is 5.73 Å². The molecule has 0 aliphatic carbocycles. The summed E-state index contributed by atoms with van der Waals surface area (Å²) in [7, 11) is -4.39. The van der Waals surface area contributed by atoms with Crippen LogP contribution in [-0.4, -0.2) is 61.0 Å². The van der Waals surface area contributed by atoms with Crippen LogP contribution in [0.1, 0.15) is 148 Å². The van der Waals surface area contributed by atoms with Gasteiger partial charge in [0.25, 0.3) is 0 Å². The first-order chi connectivity index (χ1) is 25.3. The van der Waals surface area contributed by atoms with Crippen molar-refractivity contribution in [3.8, 4) is 0 Å². The number of allylic oxidation sites excluding steroid dienone is 10. The number of rotatable bonds is 37. The van der Waals surface area contributed by atoms with Crippen LogP contribution in [0.2, 0.25) is 0 Å². The summed E-state index contributed by atoms with van der Waals surface area (Å²) in [5.74, 6) is -0.925. The largest absolute Gasteiger partial charge is 0.472 e. The normalized spacial score (nSPS) is 14.0. The summed E-state index contributed by atoms with van der Waals surface area (Å²) >= 11 is 0. The zero-order valence-electron chi connectivity index (χ0n) is 32.2. The molecular formula is C41H72NO9P. The van der Waals surface area contributed by atoms with Crippen molar-refractivity contribution in [2.75, 3.05) is 33.0 Å². The molecule has 0 aromatic rings. The van der Waals surface area contributed by atoms with E-state index in [9.17, 15) is 19.0 Å². The lowest BCUT2D eigenvalue weighted by atomic mass is 10.1. The van der Waals surface area contributed by atoms with Crippen molar-refractivity contribution >= 4 is 19.8 Å². The molecule has 300 valence electrons. The Bertz CT molecular complexity index is 1040. The number of unbranched alkanes of at least 4 members (excludes halogenated alkanes) is 13. The third-order valence-electron chi connectivity index (χ3n) is 7.93. The summed E-state index contributed by atoms with van der Waals surface area (Å²) < 4.78 is 32.6. The average Bonchev–Trinajstić information content (AvgIpc) is 3.13. The summed E-state index contributed by atoms with van der Waals surface area (Å²) in [5.41, 5.74) is 5.33. The molecule has 0 saturated carbocycles. The average molecular weight is 754 g/mol. The second kappa shape index (κ2) is 38.4. The number of phosphoric acid groups is 1. The quantitative estimate of drug-likeness (QED) is 0.0242. The maximum atomic E-state index is 12.5. The number of hydrogen-bond donors (Lipinski definition) is 3. The highest BCUT2D eigenvalue weighted by atomic mass is 31.2. The number of carbonyl (C=O) groups is 2. The van der Waals surface area contributed by atoms with Gasteiger partial charge in [-0.25, -0.2) is 4.57 Å². The van der Waals surface area contributed by atoms with Gasteiger partial charge in [0, 0.05) is 26.0 Å². The Kier molecular flexibility index (Phi) is 36.7. The fourth-order valence-electron chi connectivity index (χ4n) is 4.95. The summed E-state index contributed by atoms with van der Waals surface area (Å²) in [6.07, 6.45) is 41.3. The molecule has 0 amide bonds. The van der Waals surface area contributed by atoms with Gasteiger partial charge in [-0.3, -0.25) is 18.6 Å². The summed E-state index contributed by atoms with van der Waals surface area (Å²) in [5, 5.41) is 8.78. The van der Waals surface area contributed by atoms with E-state index in [1.807, 2.05) is 6.08 Å². The Balaban J connectivity index is 4.31. The number of aliphatic hydroxyl groups excluding tert-OH is 1. The maximum absolute atomic E-state index is 12.5. The fourth-order valence-corrected chi connectivity index (χ4v) is 5.72. The first-order valence-corrected chi connectivity index (χ1v) is 21.4. The van der Waals surface area contributed by atoms with Crippen molar-refractivity contribution in [1.82, 2.24) is 0 Å². The smallest absolute Gasteiger partial charge is 0.462 e. The Labute approximate surface area is 315 Å². The van der Waals surface area contributed by atoms with Crippen LogP contribution in [0.25, 0.3) is 0 Å². The first kappa shape index (κ1) is 49.7. The molecule has 2 atom stereocenters. The van der Waals surface area contributed by atoms with E-state index in [4.69, 9.17) is 29.4 Å². The van der Waals surface area contributed by atoms with Crippen molar-refractivity contribution < 1.29 is 42.7 Å². The van der Waals surface area contributed by atoms with Crippen molar-refractivity contribution in [3.05, 3.63) is 60.8 Å². The van der Waals surface area contributed by atoms with Crippen molar-refractivity contribution in [1.29, 1.82) is 0 Å². The first-order valence-electron chi connectivity index (χ1n) is 19.9. The number of aliphatic hydroxyl groups is 1. The molecule has 11 heteroatoms. The monoisotopic (exact) mass is 753 g/mol. The minimum atomic E-state index is -4.39. The van der Waals surface area contributed by atoms with E-state index in [1.54, 1.807) is 0 Å². The van der Waals surface area contributed by atoms with Crippen LogP contribution in [0.4, 0.5) is 0 Å². The SMILES string of the molecule is CCCCCC/C=C\CCCCCCCC(=O)O[C@H](COC(=O)CCC/C=C\C/C=C\C/C=C\C/C=C\CCCCCO)COP(=O)(O)OCCN. The molecule has 10 nitrogen and oxygen atoms in total.